The van der Waals surface area contributed by atoms with Crippen LogP contribution < -0.4 is 95.4 Å². The lowest BCUT2D eigenvalue weighted by Crippen LogP contribution is -2.62. The molecule has 0 bridgehead atoms. The molecule has 0 aliphatic carbocycles. The Kier molecular flexibility index (Phi) is 26.8. The van der Waals surface area contributed by atoms with Crippen LogP contribution in [0, 0.1) is 16.7 Å². The summed E-state index contributed by atoms with van der Waals surface area (Å²) in [6.45, 7) is 14.9. The van der Waals surface area contributed by atoms with Crippen molar-refractivity contribution in [3.8, 4) is 0 Å². The third-order valence-electron chi connectivity index (χ3n) is 12.6. The highest BCUT2D eigenvalue weighted by Crippen LogP contribution is 2.37. The van der Waals surface area contributed by atoms with Gasteiger partial charge in [0.2, 0.25) is 5.91 Å². The number of nitrogens with zero attached hydrogens (tertiary/aromatic N) is 6. The van der Waals surface area contributed by atoms with Crippen molar-refractivity contribution < 1.29 is 28.8 Å². The van der Waals surface area contributed by atoms with E-state index in [1.807, 2.05) is 0 Å². The molecule has 0 aliphatic heterocycles. The zero-order chi connectivity index (χ0) is 57.5. The lowest BCUT2D eigenvalue weighted by molar-refractivity contribution is -0.142. The molecule has 75 heavy (non-hydrogen) atoms. The molecular formula is C46H89N23O6. The maximum atomic E-state index is 14.8. The van der Waals surface area contributed by atoms with Crippen molar-refractivity contribution in [3.05, 3.63) is 11.4 Å². The molecule has 1 rings (SSSR count). The standard InChI is InChI=1S/C46H89N23O6/c1-43(2,25(13-9-19-60-39(51)52)31(70)45(5,6)64-24-18-48)32(71)26(14-10-20-61-40(53)54)65-36(73)29-34(49)68-30(35(50)67-29)37(74)66-27(15-11-21-62-41(55)56)33(72)46(7,8)69-28(16-12-22-63-42(57)58)44(3,4)38(75)59-23-17-47/h25-28,64,69H,9-24,47-48H2,1-8H3,(H2,49,68)(H2,50,67)(H,59,75)(H,65,73)(H,66,74)(H4,51,52,60)(H4,53,54,61)(H4,55,56,62)(H4,57,58,63). The SMILES string of the molecule is CC(C)(NC(CCCN=C(N)N)C(C)(C)C(=O)NCCN)C(=O)C(CCCN=C(N)N)NC(=O)c1nc(N)c(C(=O)NC(CCCN=C(N)N)C(=O)C(C)(C)C(CCCN=C(N)N)C(=O)C(C)(C)NCCN)nc1N. The molecule has 424 valence electrons. The van der Waals surface area contributed by atoms with E-state index in [1.54, 1.807) is 55.4 Å². The molecular weight excluding hydrogens is 971 g/mol. The van der Waals surface area contributed by atoms with Gasteiger partial charge in [-0.15, -0.1) is 0 Å². The third-order valence-corrected chi connectivity index (χ3v) is 12.6. The van der Waals surface area contributed by atoms with E-state index < -0.39 is 92.4 Å². The van der Waals surface area contributed by atoms with E-state index in [9.17, 15) is 28.8 Å². The topological polar surface area (TPSA) is 550 Å². The molecule has 29 heteroatoms. The molecule has 29 nitrogen and oxygen atoms in total. The highest BCUT2D eigenvalue weighted by Gasteiger charge is 2.48. The molecule has 0 radical (unpaired) electrons. The van der Waals surface area contributed by atoms with Crippen LogP contribution in [0.1, 0.15) is 128 Å². The van der Waals surface area contributed by atoms with Crippen LogP contribution in [0.15, 0.2) is 20.0 Å². The minimum absolute atomic E-state index is 0.000684. The molecule has 0 aliphatic rings. The molecule has 4 atom stereocenters. The number of aromatic nitrogens is 2. The van der Waals surface area contributed by atoms with Gasteiger partial charge in [0.1, 0.15) is 0 Å². The molecule has 1 aromatic heterocycles. The summed E-state index contributed by atoms with van der Waals surface area (Å²) in [6.07, 6.45) is 1.77. The fraction of sp³-hybridized carbons (Fsp3) is 0.696. The molecule has 4 unspecified atom stereocenters. The van der Waals surface area contributed by atoms with Gasteiger partial charge in [-0.2, -0.15) is 0 Å². The Morgan fingerprint density at radius 2 is 0.893 bits per heavy atom. The zero-order valence-corrected chi connectivity index (χ0v) is 45.2. The monoisotopic (exact) mass is 1060 g/mol. The number of hydrogen-bond donors (Lipinski definition) is 17. The predicted molar refractivity (Wildman–Crippen MR) is 293 cm³/mol. The number of anilines is 2. The number of ketones is 3. The maximum Gasteiger partial charge on any atom is 0.274 e. The average Bonchev–Trinajstić information content (AvgIpc) is 3.31. The van der Waals surface area contributed by atoms with Gasteiger partial charge in [0, 0.05) is 69.7 Å². The second-order valence-corrected chi connectivity index (χ2v) is 20.3. The second-order valence-electron chi connectivity index (χ2n) is 20.3. The number of nitrogen functional groups attached to an aromatic ring is 2. The Bertz CT molecular complexity index is 2210. The molecule has 1 heterocycles. The van der Waals surface area contributed by atoms with E-state index in [4.69, 9.17) is 68.8 Å². The Labute approximate surface area is 440 Å². The van der Waals surface area contributed by atoms with Crippen LogP contribution in [-0.2, 0) is 19.2 Å². The van der Waals surface area contributed by atoms with Crippen LogP contribution in [0.2, 0.25) is 0 Å². The lowest BCUT2D eigenvalue weighted by atomic mass is 9.66. The van der Waals surface area contributed by atoms with Crippen molar-refractivity contribution in [1.82, 2.24) is 36.6 Å². The first-order chi connectivity index (χ1) is 34.8. The molecule has 29 N–H and O–H groups in total. The van der Waals surface area contributed by atoms with Crippen LogP contribution in [0.4, 0.5) is 11.6 Å². The number of nitrogens with two attached hydrogens (primary N) is 12. The van der Waals surface area contributed by atoms with E-state index in [0.717, 1.165) is 0 Å². The number of carbonyl (C=O) groups excluding carboxylic acids is 6. The van der Waals surface area contributed by atoms with E-state index in [2.05, 4.69) is 56.5 Å². The number of rotatable bonds is 36. The summed E-state index contributed by atoms with van der Waals surface area (Å²) in [7, 11) is 0. The first kappa shape index (κ1) is 66.0. The summed E-state index contributed by atoms with van der Waals surface area (Å²) in [5.41, 5.74) is 62.3. The summed E-state index contributed by atoms with van der Waals surface area (Å²) in [4.78, 5) is 110. The fourth-order valence-corrected chi connectivity index (χ4v) is 8.28. The smallest absolute Gasteiger partial charge is 0.274 e. The lowest BCUT2D eigenvalue weighted by Gasteiger charge is -2.40. The number of nitrogens with one attached hydrogen (secondary N) is 5. The van der Waals surface area contributed by atoms with Gasteiger partial charge >= 0.3 is 0 Å². The van der Waals surface area contributed by atoms with E-state index >= 15 is 0 Å². The Balaban J connectivity index is 3.75. The van der Waals surface area contributed by atoms with E-state index in [1.165, 1.54) is 0 Å². The zero-order valence-electron chi connectivity index (χ0n) is 45.2. The van der Waals surface area contributed by atoms with Crippen molar-refractivity contribution in [2.75, 3.05) is 63.8 Å². The predicted octanol–water partition coefficient (Wildman–Crippen LogP) is -4.43. The minimum Gasteiger partial charge on any atom is -0.382 e. The van der Waals surface area contributed by atoms with Gasteiger partial charge in [0.05, 0.1) is 28.6 Å². The highest BCUT2D eigenvalue weighted by atomic mass is 16.2. The summed E-state index contributed by atoms with van der Waals surface area (Å²) in [6, 6.07) is -3.15. The largest absolute Gasteiger partial charge is 0.382 e. The van der Waals surface area contributed by atoms with Crippen molar-refractivity contribution in [3.63, 3.8) is 0 Å². The number of amides is 3. The van der Waals surface area contributed by atoms with Crippen LogP contribution in [0.25, 0.3) is 0 Å². The fourth-order valence-electron chi connectivity index (χ4n) is 8.28. The second kappa shape index (κ2) is 30.4. The molecule has 3 amide bonds. The van der Waals surface area contributed by atoms with Crippen molar-refractivity contribution in [2.45, 2.75) is 136 Å². The molecule has 0 aromatic carbocycles. The van der Waals surface area contributed by atoms with E-state index in [-0.39, 0.29) is 113 Å². The third kappa shape index (κ3) is 21.4. The number of guanidine groups is 4. The van der Waals surface area contributed by atoms with Gasteiger partial charge in [-0.05, 0) is 92.9 Å². The van der Waals surface area contributed by atoms with Crippen LogP contribution >= 0.6 is 0 Å². The van der Waals surface area contributed by atoms with Gasteiger partial charge in [0.25, 0.3) is 11.8 Å². The Hall–Kier alpha value is -6.98. The van der Waals surface area contributed by atoms with Gasteiger partial charge < -0.3 is 95.4 Å². The van der Waals surface area contributed by atoms with E-state index in [0.29, 0.717) is 25.8 Å². The minimum atomic E-state index is -1.42. The molecule has 0 spiro atoms. The molecule has 1 aromatic rings. The van der Waals surface area contributed by atoms with Gasteiger partial charge in [0.15, 0.2) is 64.2 Å². The number of aliphatic imine (C=N–C) groups is 4. The molecule has 0 fully saturated rings. The first-order valence-electron chi connectivity index (χ1n) is 24.9. The highest BCUT2D eigenvalue weighted by molar-refractivity contribution is 6.05. The Morgan fingerprint density at radius 1 is 0.507 bits per heavy atom. The normalized spacial score (nSPS) is 13.5. The van der Waals surface area contributed by atoms with Crippen molar-refractivity contribution in [1.29, 1.82) is 0 Å². The van der Waals surface area contributed by atoms with Gasteiger partial charge in [-0.1, -0.05) is 13.8 Å². The quantitative estimate of drug-likeness (QED) is 0.0171. The molecule has 0 saturated carbocycles. The van der Waals surface area contributed by atoms with Gasteiger partial charge in [-0.3, -0.25) is 48.7 Å². The summed E-state index contributed by atoms with van der Waals surface area (Å²) < 4.78 is 0. The summed E-state index contributed by atoms with van der Waals surface area (Å²) >= 11 is 0. The number of hydrogen-bond acceptors (Lipinski definition) is 18. The van der Waals surface area contributed by atoms with Gasteiger partial charge in [-0.25, -0.2) is 9.97 Å². The first-order valence-corrected chi connectivity index (χ1v) is 24.9. The van der Waals surface area contributed by atoms with Crippen LogP contribution in [0.3, 0.4) is 0 Å². The van der Waals surface area contributed by atoms with Crippen molar-refractivity contribution in [2.24, 2.45) is 94.1 Å². The summed E-state index contributed by atoms with van der Waals surface area (Å²) in [5.74, 6) is -6.19. The summed E-state index contributed by atoms with van der Waals surface area (Å²) in [5, 5.41) is 14.7. The molecule has 0 saturated heterocycles. The number of Topliss-reactive ketones (excluding diaryl/α,β-unsaturated/α-hetero) is 3. The average molecular weight is 1060 g/mol. The van der Waals surface area contributed by atoms with Crippen molar-refractivity contribution >= 4 is 70.5 Å². The maximum absolute atomic E-state index is 14.8. The van der Waals surface area contributed by atoms with Crippen LogP contribution in [0.5, 0.6) is 0 Å². The van der Waals surface area contributed by atoms with Crippen LogP contribution in [-0.4, -0.2) is 150 Å². The Morgan fingerprint density at radius 3 is 1.29 bits per heavy atom. The number of carbonyl (C=O) groups is 6.